The first-order valence-corrected chi connectivity index (χ1v) is 9.50. The Balaban J connectivity index is 1.68. The fraction of sp³-hybridized carbons (Fsp3) is 0.364. The topological polar surface area (TPSA) is 41.0 Å². The second kappa shape index (κ2) is 8.77. The van der Waals surface area contributed by atoms with Gasteiger partial charge in [0, 0.05) is 18.1 Å². The summed E-state index contributed by atoms with van der Waals surface area (Å²) in [4.78, 5) is 11.6. The summed E-state index contributed by atoms with van der Waals surface area (Å²) in [6.07, 6.45) is 3.01. The molecule has 0 spiro atoms. The summed E-state index contributed by atoms with van der Waals surface area (Å²) >= 11 is 0. The minimum atomic E-state index is 0.709. The smallest absolute Gasteiger partial charge is 0.223 e. The molecule has 4 heteroatoms. The number of nitrogens with zero attached hydrogens (tertiary/aromatic N) is 3. The maximum Gasteiger partial charge on any atom is 0.223 e. The Hall–Kier alpha value is -2.46. The predicted octanol–water partition coefficient (Wildman–Crippen LogP) is 4.75. The van der Waals surface area contributed by atoms with Crippen LogP contribution in [0.25, 0.3) is 22.0 Å². The minimum absolute atomic E-state index is 0.709. The van der Waals surface area contributed by atoms with Gasteiger partial charge in [-0.1, -0.05) is 44.2 Å². The molecule has 0 radical (unpaired) electrons. The third kappa shape index (κ3) is 4.38. The van der Waals surface area contributed by atoms with Crippen molar-refractivity contribution in [3.8, 4) is 11.1 Å². The van der Waals surface area contributed by atoms with Gasteiger partial charge in [0.25, 0.3) is 0 Å². The number of aryl methyl sites for hydroxylation is 1. The first-order valence-electron chi connectivity index (χ1n) is 9.50. The van der Waals surface area contributed by atoms with Crippen LogP contribution < -0.4 is 5.32 Å². The molecule has 2 aromatic carbocycles. The van der Waals surface area contributed by atoms with Gasteiger partial charge in [-0.3, -0.25) is 0 Å². The van der Waals surface area contributed by atoms with Crippen molar-refractivity contribution in [1.82, 2.24) is 14.9 Å². The van der Waals surface area contributed by atoms with Crippen molar-refractivity contribution in [2.45, 2.75) is 27.2 Å². The number of fused-ring (bicyclic) bond motifs is 1. The average Bonchev–Trinajstić information content (AvgIpc) is 2.68. The maximum absolute atomic E-state index is 4.65. The fourth-order valence-corrected chi connectivity index (χ4v) is 3.23. The molecule has 3 aromatic rings. The highest BCUT2D eigenvalue weighted by atomic mass is 15.1. The number of anilines is 1. The van der Waals surface area contributed by atoms with Gasteiger partial charge in [0.15, 0.2) is 0 Å². The van der Waals surface area contributed by atoms with E-state index in [-0.39, 0.29) is 0 Å². The molecular weight excluding hydrogens is 320 g/mol. The molecule has 0 aliphatic carbocycles. The van der Waals surface area contributed by atoms with Crippen molar-refractivity contribution < 1.29 is 0 Å². The quantitative estimate of drug-likeness (QED) is 0.597. The van der Waals surface area contributed by atoms with Gasteiger partial charge in [-0.25, -0.2) is 9.97 Å². The van der Waals surface area contributed by atoms with Gasteiger partial charge in [0.05, 0.1) is 5.52 Å². The van der Waals surface area contributed by atoms with E-state index in [1.165, 1.54) is 16.7 Å². The predicted molar refractivity (Wildman–Crippen MR) is 111 cm³/mol. The van der Waals surface area contributed by atoms with Crippen LogP contribution in [0.3, 0.4) is 0 Å². The van der Waals surface area contributed by atoms with Crippen molar-refractivity contribution in [2.24, 2.45) is 0 Å². The lowest BCUT2D eigenvalue weighted by atomic mass is 9.99. The number of aromatic nitrogens is 2. The zero-order chi connectivity index (χ0) is 18.4. The number of benzene rings is 2. The van der Waals surface area contributed by atoms with Crippen LogP contribution >= 0.6 is 0 Å². The van der Waals surface area contributed by atoms with Crippen LogP contribution in [0.15, 0.2) is 48.7 Å². The molecule has 1 heterocycles. The van der Waals surface area contributed by atoms with Gasteiger partial charge in [-0.15, -0.1) is 0 Å². The fourth-order valence-electron chi connectivity index (χ4n) is 3.23. The molecule has 0 fully saturated rings. The molecule has 0 bridgehead atoms. The zero-order valence-corrected chi connectivity index (χ0v) is 16.0. The van der Waals surface area contributed by atoms with Crippen LogP contribution in [0, 0.1) is 6.92 Å². The molecule has 0 aliphatic rings. The number of hydrogen-bond donors (Lipinski definition) is 1. The van der Waals surface area contributed by atoms with E-state index >= 15 is 0 Å². The van der Waals surface area contributed by atoms with Crippen molar-refractivity contribution >= 4 is 16.9 Å². The first-order chi connectivity index (χ1) is 12.7. The molecule has 0 aliphatic heterocycles. The van der Waals surface area contributed by atoms with Crippen LogP contribution in [0.2, 0.25) is 0 Å². The molecular formula is C22H28N4. The Morgan fingerprint density at radius 3 is 2.62 bits per heavy atom. The van der Waals surface area contributed by atoms with E-state index in [9.17, 15) is 0 Å². The van der Waals surface area contributed by atoms with Gasteiger partial charge >= 0.3 is 0 Å². The lowest BCUT2D eigenvalue weighted by molar-refractivity contribution is 0.303. The van der Waals surface area contributed by atoms with Crippen LogP contribution in [-0.2, 0) is 0 Å². The van der Waals surface area contributed by atoms with E-state index in [0.29, 0.717) is 5.95 Å². The summed E-state index contributed by atoms with van der Waals surface area (Å²) in [5.74, 6) is 0.709. The standard InChI is InChI=1S/C22H28N4/c1-4-26(5-2)14-8-13-23-22-24-16-19-15-18(11-12-21(19)25-22)20-10-7-6-9-17(20)3/h6-7,9-12,15-16H,4-5,8,13-14H2,1-3H3,(H,23,24,25). The van der Waals surface area contributed by atoms with Gasteiger partial charge in [0.2, 0.25) is 5.95 Å². The van der Waals surface area contributed by atoms with Crippen molar-refractivity contribution in [3.05, 3.63) is 54.2 Å². The number of hydrogen-bond acceptors (Lipinski definition) is 4. The number of nitrogens with one attached hydrogen (secondary N) is 1. The summed E-state index contributed by atoms with van der Waals surface area (Å²) in [6.45, 7) is 10.7. The number of rotatable bonds is 8. The Morgan fingerprint density at radius 1 is 1.04 bits per heavy atom. The molecule has 0 atom stereocenters. The monoisotopic (exact) mass is 348 g/mol. The zero-order valence-electron chi connectivity index (χ0n) is 16.0. The summed E-state index contributed by atoms with van der Waals surface area (Å²) in [5, 5.41) is 4.42. The Labute approximate surface area is 156 Å². The summed E-state index contributed by atoms with van der Waals surface area (Å²) in [6, 6.07) is 14.8. The van der Waals surface area contributed by atoms with E-state index in [4.69, 9.17) is 0 Å². The molecule has 0 unspecified atom stereocenters. The third-order valence-electron chi connectivity index (χ3n) is 4.86. The lowest BCUT2D eigenvalue weighted by Gasteiger charge is -2.17. The van der Waals surface area contributed by atoms with Crippen LogP contribution in [0.4, 0.5) is 5.95 Å². The van der Waals surface area contributed by atoms with E-state index in [2.05, 4.69) is 83.4 Å². The van der Waals surface area contributed by atoms with E-state index in [1.807, 2.05) is 6.20 Å². The van der Waals surface area contributed by atoms with Crippen molar-refractivity contribution in [3.63, 3.8) is 0 Å². The van der Waals surface area contributed by atoms with Crippen molar-refractivity contribution in [1.29, 1.82) is 0 Å². The molecule has 1 aromatic heterocycles. The summed E-state index contributed by atoms with van der Waals surface area (Å²) in [5.41, 5.74) is 4.72. The Morgan fingerprint density at radius 2 is 1.85 bits per heavy atom. The average molecular weight is 348 g/mol. The van der Waals surface area contributed by atoms with E-state index in [1.54, 1.807) is 0 Å². The molecule has 0 amide bonds. The van der Waals surface area contributed by atoms with E-state index < -0.39 is 0 Å². The van der Waals surface area contributed by atoms with E-state index in [0.717, 1.165) is 43.5 Å². The van der Waals surface area contributed by atoms with Crippen LogP contribution in [0.1, 0.15) is 25.8 Å². The molecule has 136 valence electrons. The SMILES string of the molecule is CCN(CC)CCCNc1ncc2cc(-c3ccccc3C)ccc2n1. The van der Waals surface area contributed by atoms with Crippen LogP contribution in [0.5, 0.6) is 0 Å². The second-order valence-corrected chi connectivity index (χ2v) is 6.59. The minimum Gasteiger partial charge on any atom is -0.354 e. The third-order valence-corrected chi connectivity index (χ3v) is 4.86. The molecule has 0 saturated carbocycles. The Bertz CT molecular complexity index is 856. The summed E-state index contributed by atoms with van der Waals surface area (Å²) < 4.78 is 0. The normalized spacial score (nSPS) is 11.2. The molecule has 4 nitrogen and oxygen atoms in total. The lowest BCUT2D eigenvalue weighted by Crippen LogP contribution is -2.25. The Kier molecular flexibility index (Phi) is 6.18. The molecule has 1 N–H and O–H groups in total. The van der Waals surface area contributed by atoms with Gasteiger partial charge in [-0.05, 0) is 61.8 Å². The van der Waals surface area contributed by atoms with Gasteiger partial charge < -0.3 is 10.2 Å². The van der Waals surface area contributed by atoms with Crippen molar-refractivity contribution in [2.75, 3.05) is 31.5 Å². The van der Waals surface area contributed by atoms with Gasteiger partial charge in [-0.2, -0.15) is 0 Å². The molecule has 0 saturated heterocycles. The summed E-state index contributed by atoms with van der Waals surface area (Å²) in [7, 11) is 0. The maximum atomic E-state index is 4.65. The second-order valence-electron chi connectivity index (χ2n) is 6.59. The highest BCUT2D eigenvalue weighted by molar-refractivity contribution is 5.85. The van der Waals surface area contributed by atoms with Crippen LogP contribution in [-0.4, -0.2) is 41.0 Å². The van der Waals surface area contributed by atoms with Gasteiger partial charge in [0.1, 0.15) is 0 Å². The first kappa shape index (κ1) is 18.3. The molecule has 3 rings (SSSR count). The molecule has 26 heavy (non-hydrogen) atoms. The largest absolute Gasteiger partial charge is 0.354 e. The highest BCUT2D eigenvalue weighted by Crippen LogP contribution is 2.26. The highest BCUT2D eigenvalue weighted by Gasteiger charge is 2.05.